The van der Waals surface area contributed by atoms with E-state index in [-0.39, 0.29) is 23.3 Å². The number of aryl methyl sites for hydroxylation is 1. The summed E-state index contributed by atoms with van der Waals surface area (Å²) in [7, 11) is 1.41. The number of halogens is 1. The molecule has 0 bridgehead atoms. The maximum atomic E-state index is 13.4. The molecule has 0 N–H and O–H groups in total. The molecule has 2 nitrogen and oxygen atoms in total. The molecule has 0 saturated heterocycles. The molecule has 1 aliphatic carbocycles. The number of carbonyl (C=O) groups is 1. The number of Topliss-reactive ketones (excluding diaryl/α,β-unsaturated/α-hetero) is 1. The average molecular weight is 208 g/mol. The first-order valence-electron chi connectivity index (χ1n) is 5.02. The van der Waals surface area contributed by atoms with Crippen molar-refractivity contribution in [1.29, 1.82) is 0 Å². The summed E-state index contributed by atoms with van der Waals surface area (Å²) in [4.78, 5) is 11.8. The molecule has 1 aliphatic rings. The van der Waals surface area contributed by atoms with Gasteiger partial charge in [0.15, 0.2) is 17.3 Å². The van der Waals surface area contributed by atoms with E-state index in [2.05, 4.69) is 0 Å². The lowest BCUT2D eigenvalue weighted by molar-refractivity contribution is 0.0967. The predicted octanol–water partition coefficient (Wildman–Crippen LogP) is 2.74. The molecule has 0 heterocycles. The highest BCUT2D eigenvalue weighted by molar-refractivity contribution is 5.99. The van der Waals surface area contributed by atoms with E-state index in [0.717, 1.165) is 12.8 Å². The number of carbonyl (C=O) groups excluding carboxylic acids is 1. The van der Waals surface area contributed by atoms with E-state index in [9.17, 15) is 9.18 Å². The van der Waals surface area contributed by atoms with E-state index in [1.165, 1.54) is 13.2 Å². The second-order valence-corrected chi connectivity index (χ2v) is 3.95. The van der Waals surface area contributed by atoms with Gasteiger partial charge in [0.2, 0.25) is 0 Å². The number of rotatable bonds is 3. The molecular formula is C12H13FO2. The van der Waals surface area contributed by atoms with Gasteiger partial charge >= 0.3 is 0 Å². The molecule has 0 aromatic heterocycles. The molecule has 0 unspecified atom stereocenters. The Bertz CT molecular complexity index is 408. The fourth-order valence-electron chi connectivity index (χ4n) is 1.61. The molecular weight excluding hydrogens is 195 g/mol. The molecule has 1 saturated carbocycles. The van der Waals surface area contributed by atoms with Crippen molar-refractivity contribution >= 4 is 5.78 Å². The summed E-state index contributed by atoms with van der Waals surface area (Å²) in [5.41, 5.74) is 1.02. The van der Waals surface area contributed by atoms with Crippen LogP contribution in [0, 0.1) is 18.7 Å². The number of hydrogen-bond donors (Lipinski definition) is 0. The van der Waals surface area contributed by atoms with Crippen molar-refractivity contribution in [2.75, 3.05) is 7.11 Å². The van der Waals surface area contributed by atoms with Crippen molar-refractivity contribution in [2.24, 2.45) is 5.92 Å². The van der Waals surface area contributed by atoms with Gasteiger partial charge in [0, 0.05) is 11.5 Å². The zero-order valence-corrected chi connectivity index (χ0v) is 8.84. The van der Waals surface area contributed by atoms with Crippen LogP contribution in [0.1, 0.15) is 28.8 Å². The SMILES string of the molecule is COc1cc(C(=O)C2CC2)cc(C)c1F. The largest absolute Gasteiger partial charge is 0.494 e. The standard InChI is InChI=1S/C12H13FO2/c1-7-5-9(12(14)8-3-4-8)6-10(15-2)11(7)13/h5-6,8H,3-4H2,1-2H3. The fraction of sp³-hybridized carbons (Fsp3) is 0.417. The molecule has 3 heteroatoms. The fourth-order valence-corrected chi connectivity index (χ4v) is 1.61. The first-order valence-corrected chi connectivity index (χ1v) is 5.02. The van der Waals surface area contributed by atoms with Crippen LogP contribution in [0.4, 0.5) is 4.39 Å². The molecule has 0 amide bonds. The van der Waals surface area contributed by atoms with Gasteiger partial charge in [-0.15, -0.1) is 0 Å². The maximum Gasteiger partial charge on any atom is 0.167 e. The van der Waals surface area contributed by atoms with Crippen LogP contribution in [0.3, 0.4) is 0 Å². The molecule has 1 fully saturated rings. The van der Waals surface area contributed by atoms with Crippen LogP contribution in [-0.2, 0) is 0 Å². The average Bonchev–Trinajstić information content (AvgIpc) is 3.04. The highest BCUT2D eigenvalue weighted by Gasteiger charge is 2.31. The minimum absolute atomic E-state index is 0.108. The van der Waals surface area contributed by atoms with E-state index in [0.29, 0.717) is 11.1 Å². The van der Waals surface area contributed by atoms with Crippen molar-refractivity contribution in [3.05, 3.63) is 29.1 Å². The molecule has 0 atom stereocenters. The Morgan fingerprint density at radius 1 is 1.47 bits per heavy atom. The quantitative estimate of drug-likeness (QED) is 0.714. The van der Waals surface area contributed by atoms with E-state index < -0.39 is 0 Å². The van der Waals surface area contributed by atoms with Crippen LogP contribution in [0.15, 0.2) is 12.1 Å². The molecule has 80 valence electrons. The van der Waals surface area contributed by atoms with Crippen molar-refractivity contribution < 1.29 is 13.9 Å². The van der Waals surface area contributed by atoms with Gasteiger partial charge in [-0.1, -0.05) is 0 Å². The summed E-state index contributed by atoms with van der Waals surface area (Å²) >= 11 is 0. The highest BCUT2D eigenvalue weighted by Crippen LogP contribution is 2.34. The summed E-state index contributed by atoms with van der Waals surface area (Å²) in [6.07, 6.45) is 1.91. The summed E-state index contributed by atoms with van der Waals surface area (Å²) in [5, 5.41) is 0. The Hall–Kier alpha value is -1.38. The maximum absolute atomic E-state index is 13.4. The monoisotopic (exact) mass is 208 g/mol. The molecule has 0 aliphatic heterocycles. The van der Waals surface area contributed by atoms with Crippen molar-refractivity contribution in [3.8, 4) is 5.75 Å². The van der Waals surface area contributed by atoms with Crippen LogP contribution in [0.25, 0.3) is 0 Å². The minimum Gasteiger partial charge on any atom is -0.494 e. The normalized spacial score (nSPS) is 15.1. The Balaban J connectivity index is 2.39. The molecule has 2 rings (SSSR count). The second kappa shape index (κ2) is 3.65. The van der Waals surface area contributed by atoms with Gasteiger partial charge in [-0.05, 0) is 37.5 Å². The molecule has 0 spiro atoms. The Morgan fingerprint density at radius 3 is 2.67 bits per heavy atom. The zero-order valence-electron chi connectivity index (χ0n) is 8.84. The predicted molar refractivity (Wildman–Crippen MR) is 54.7 cm³/mol. The minimum atomic E-state index is -0.384. The summed E-state index contributed by atoms with van der Waals surface area (Å²) in [5.74, 6) is 0.0276. The van der Waals surface area contributed by atoms with Gasteiger partial charge in [0.1, 0.15) is 0 Å². The Morgan fingerprint density at radius 2 is 2.13 bits per heavy atom. The van der Waals surface area contributed by atoms with Crippen LogP contribution in [0.2, 0.25) is 0 Å². The van der Waals surface area contributed by atoms with E-state index in [1.54, 1.807) is 13.0 Å². The number of hydrogen-bond acceptors (Lipinski definition) is 2. The summed E-state index contributed by atoms with van der Waals surface area (Å²) < 4.78 is 18.3. The van der Waals surface area contributed by atoms with E-state index in [1.807, 2.05) is 0 Å². The molecule has 0 radical (unpaired) electrons. The third-order valence-corrected chi connectivity index (χ3v) is 2.67. The Labute approximate surface area is 88.1 Å². The molecule has 1 aromatic carbocycles. The van der Waals surface area contributed by atoms with Crippen molar-refractivity contribution in [3.63, 3.8) is 0 Å². The second-order valence-electron chi connectivity index (χ2n) is 3.95. The summed E-state index contributed by atoms with van der Waals surface area (Å²) in [6.45, 7) is 1.64. The summed E-state index contributed by atoms with van der Waals surface area (Å²) in [6, 6.07) is 3.08. The highest BCUT2D eigenvalue weighted by atomic mass is 19.1. The Kier molecular flexibility index (Phi) is 2.47. The van der Waals surface area contributed by atoms with Gasteiger partial charge in [-0.3, -0.25) is 4.79 Å². The third kappa shape index (κ3) is 1.87. The lowest BCUT2D eigenvalue weighted by Crippen LogP contribution is -2.03. The van der Waals surface area contributed by atoms with Gasteiger partial charge in [0.25, 0.3) is 0 Å². The van der Waals surface area contributed by atoms with Gasteiger partial charge in [-0.25, -0.2) is 4.39 Å². The van der Waals surface area contributed by atoms with Gasteiger partial charge < -0.3 is 4.74 Å². The van der Waals surface area contributed by atoms with Crippen LogP contribution < -0.4 is 4.74 Å². The lowest BCUT2D eigenvalue weighted by Gasteiger charge is -2.07. The first-order chi connectivity index (χ1) is 7.13. The molecule has 15 heavy (non-hydrogen) atoms. The van der Waals surface area contributed by atoms with Gasteiger partial charge in [-0.2, -0.15) is 0 Å². The number of ether oxygens (including phenoxy) is 1. The van der Waals surface area contributed by atoms with Crippen molar-refractivity contribution in [2.45, 2.75) is 19.8 Å². The number of ketones is 1. The van der Waals surface area contributed by atoms with E-state index in [4.69, 9.17) is 4.74 Å². The smallest absolute Gasteiger partial charge is 0.167 e. The van der Waals surface area contributed by atoms with Crippen molar-refractivity contribution in [1.82, 2.24) is 0 Å². The van der Waals surface area contributed by atoms with Crippen LogP contribution in [0.5, 0.6) is 5.75 Å². The topological polar surface area (TPSA) is 26.3 Å². The van der Waals surface area contributed by atoms with Crippen LogP contribution >= 0.6 is 0 Å². The van der Waals surface area contributed by atoms with Crippen LogP contribution in [-0.4, -0.2) is 12.9 Å². The lowest BCUT2D eigenvalue weighted by atomic mass is 10.0. The third-order valence-electron chi connectivity index (χ3n) is 2.67. The van der Waals surface area contributed by atoms with E-state index >= 15 is 0 Å². The number of methoxy groups -OCH3 is 1. The first kappa shape index (κ1) is 10.1. The zero-order chi connectivity index (χ0) is 11.0. The number of benzene rings is 1. The van der Waals surface area contributed by atoms with Gasteiger partial charge in [0.05, 0.1) is 7.11 Å². The molecule has 1 aromatic rings.